The molecule has 23 heavy (non-hydrogen) atoms. The Bertz CT molecular complexity index is 497. The van der Waals surface area contributed by atoms with Crippen molar-refractivity contribution < 1.29 is 9.53 Å². The monoisotopic (exact) mass is 358 g/mol. The van der Waals surface area contributed by atoms with E-state index in [0.29, 0.717) is 19.1 Å². The molecule has 128 valence electrons. The highest BCUT2D eigenvalue weighted by Crippen LogP contribution is 2.19. The number of guanidine groups is 1. The number of hydrogen-bond acceptors (Lipinski definition) is 4. The molecule has 0 fully saturated rings. The number of carbonyl (C=O) groups is 1. The Morgan fingerprint density at radius 2 is 1.96 bits per heavy atom. The van der Waals surface area contributed by atoms with Gasteiger partial charge < -0.3 is 20.7 Å². The fraction of sp³-hybridized carbons (Fsp3) is 0.467. The van der Waals surface area contributed by atoms with E-state index in [1.165, 1.54) is 0 Å². The zero-order valence-corrected chi connectivity index (χ0v) is 15.0. The third-order valence-corrected chi connectivity index (χ3v) is 4.01. The zero-order chi connectivity index (χ0) is 16.9. The molecule has 0 heterocycles. The van der Waals surface area contributed by atoms with Crippen molar-refractivity contribution in [2.45, 2.75) is 4.90 Å². The Hall–Kier alpha value is -1.44. The highest BCUT2D eigenvalue weighted by Gasteiger charge is 2.03. The van der Waals surface area contributed by atoms with Crippen LogP contribution in [0, 0.1) is 0 Å². The largest absolute Gasteiger partial charge is 0.383 e. The highest BCUT2D eigenvalue weighted by molar-refractivity contribution is 7.99. The second-order valence-electron chi connectivity index (χ2n) is 4.50. The number of carbonyl (C=O) groups excluding carboxylic acids is 1. The van der Waals surface area contributed by atoms with Gasteiger partial charge in [-0.3, -0.25) is 9.79 Å². The van der Waals surface area contributed by atoms with E-state index in [0.717, 1.165) is 22.2 Å². The number of ether oxygens (including phenoxy) is 1. The van der Waals surface area contributed by atoms with E-state index in [4.69, 9.17) is 16.3 Å². The summed E-state index contributed by atoms with van der Waals surface area (Å²) < 4.78 is 4.87. The van der Waals surface area contributed by atoms with Crippen LogP contribution in [0.1, 0.15) is 0 Å². The van der Waals surface area contributed by atoms with E-state index >= 15 is 0 Å². The van der Waals surface area contributed by atoms with Gasteiger partial charge in [0.25, 0.3) is 0 Å². The van der Waals surface area contributed by atoms with E-state index in [2.05, 4.69) is 20.9 Å². The maximum absolute atomic E-state index is 11.6. The van der Waals surface area contributed by atoms with Gasteiger partial charge in [-0.25, -0.2) is 0 Å². The number of nitrogens with one attached hydrogen (secondary N) is 3. The molecule has 3 N–H and O–H groups in total. The molecule has 6 nitrogen and oxygen atoms in total. The van der Waals surface area contributed by atoms with Crippen molar-refractivity contribution >= 4 is 35.2 Å². The summed E-state index contributed by atoms with van der Waals surface area (Å²) in [4.78, 5) is 16.8. The summed E-state index contributed by atoms with van der Waals surface area (Å²) in [5.74, 6) is 1.38. The van der Waals surface area contributed by atoms with Crippen molar-refractivity contribution in [2.75, 3.05) is 46.2 Å². The predicted molar refractivity (Wildman–Crippen MR) is 96.4 cm³/mol. The second-order valence-corrected chi connectivity index (χ2v) is 6.10. The van der Waals surface area contributed by atoms with Crippen LogP contribution in [0.3, 0.4) is 0 Å². The van der Waals surface area contributed by atoms with Crippen LogP contribution in [0.5, 0.6) is 0 Å². The van der Waals surface area contributed by atoms with Crippen LogP contribution in [0.2, 0.25) is 5.02 Å². The number of halogens is 1. The number of rotatable bonds is 9. The van der Waals surface area contributed by atoms with Gasteiger partial charge in [-0.2, -0.15) is 0 Å². The number of thioether (sulfide) groups is 1. The molecule has 1 aromatic rings. The molecule has 0 unspecified atom stereocenters. The van der Waals surface area contributed by atoms with Crippen molar-refractivity contribution in [3.05, 3.63) is 29.3 Å². The van der Waals surface area contributed by atoms with Gasteiger partial charge in [0.2, 0.25) is 5.91 Å². The van der Waals surface area contributed by atoms with Crippen LogP contribution in [-0.4, -0.2) is 58.0 Å². The van der Waals surface area contributed by atoms with Crippen molar-refractivity contribution in [1.82, 2.24) is 16.0 Å². The number of nitrogens with zero attached hydrogens (tertiary/aromatic N) is 1. The summed E-state index contributed by atoms with van der Waals surface area (Å²) in [7, 11) is 3.27. The number of amides is 1. The minimum atomic E-state index is -0.0967. The third-order valence-electron chi connectivity index (χ3n) is 2.75. The summed E-state index contributed by atoms with van der Waals surface area (Å²) in [5, 5.41) is 9.59. The topological polar surface area (TPSA) is 74.8 Å². The molecule has 0 aliphatic carbocycles. The quantitative estimate of drug-likeness (QED) is 0.269. The van der Waals surface area contributed by atoms with Gasteiger partial charge in [0, 0.05) is 42.9 Å². The number of aliphatic imine (C=N–C) groups is 1. The van der Waals surface area contributed by atoms with Gasteiger partial charge in [-0.1, -0.05) is 11.6 Å². The Morgan fingerprint density at radius 3 is 2.61 bits per heavy atom. The SMILES string of the molecule is CN=C(NCCSc1ccc(Cl)cc1)NCC(=O)NCCOC. The van der Waals surface area contributed by atoms with Crippen LogP contribution in [0.4, 0.5) is 0 Å². The maximum Gasteiger partial charge on any atom is 0.239 e. The molecule has 1 aromatic carbocycles. The van der Waals surface area contributed by atoms with Crippen molar-refractivity contribution in [3.8, 4) is 0 Å². The lowest BCUT2D eigenvalue weighted by Gasteiger charge is -2.11. The molecule has 0 spiro atoms. The summed E-state index contributed by atoms with van der Waals surface area (Å²) in [6, 6.07) is 7.73. The Kier molecular flexibility index (Phi) is 10.3. The van der Waals surface area contributed by atoms with Crippen molar-refractivity contribution in [1.29, 1.82) is 0 Å². The average Bonchev–Trinajstić information content (AvgIpc) is 2.56. The fourth-order valence-corrected chi connectivity index (χ4v) is 2.50. The van der Waals surface area contributed by atoms with Crippen LogP contribution < -0.4 is 16.0 Å². The first-order chi connectivity index (χ1) is 11.2. The first-order valence-electron chi connectivity index (χ1n) is 7.24. The Morgan fingerprint density at radius 1 is 1.22 bits per heavy atom. The first kappa shape index (κ1) is 19.6. The smallest absolute Gasteiger partial charge is 0.239 e. The highest BCUT2D eigenvalue weighted by atomic mass is 35.5. The fourth-order valence-electron chi connectivity index (χ4n) is 1.61. The lowest BCUT2D eigenvalue weighted by Crippen LogP contribution is -2.44. The van der Waals surface area contributed by atoms with Crippen LogP contribution in [0.25, 0.3) is 0 Å². The van der Waals surface area contributed by atoms with Gasteiger partial charge in [0.05, 0.1) is 13.2 Å². The van der Waals surface area contributed by atoms with E-state index in [-0.39, 0.29) is 12.5 Å². The van der Waals surface area contributed by atoms with Crippen molar-refractivity contribution in [2.24, 2.45) is 4.99 Å². The van der Waals surface area contributed by atoms with Gasteiger partial charge in [-0.05, 0) is 24.3 Å². The number of hydrogen-bond donors (Lipinski definition) is 3. The van der Waals surface area contributed by atoms with Gasteiger partial charge in [-0.15, -0.1) is 11.8 Å². The molecule has 0 radical (unpaired) electrons. The molecule has 0 atom stereocenters. The Balaban J connectivity index is 2.16. The van der Waals surface area contributed by atoms with E-state index in [1.54, 1.807) is 25.9 Å². The lowest BCUT2D eigenvalue weighted by atomic mass is 10.4. The van der Waals surface area contributed by atoms with Gasteiger partial charge >= 0.3 is 0 Å². The molecular weight excluding hydrogens is 336 g/mol. The standard InChI is InChI=1S/C15H23ClN4O2S/c1-17-15(20-11-14(21)18-7-9-22-2)19-8-10-23-13-5-3-12(16)4-6-13/h3-6H,7-11H2,1-2H3,(H,18,21)(H2,17,19,20). The number of benzene rings is 1. The molecule has 0 aliphatic rings. The third kappa shape index (κ3) is 9.32. The van der Waals surface area contributed by atoms with Crippen LogP contribution in [0.15, 0.2) is 34.2 Å². The molecule has 1 amide bonds. The molecular formula is C15H23ClN4O2S. The van der Waals surface area contributed by atoms with Crippen LogP contribution >= 0.6 is 23.4 Å². The molecule has 0 aromatic heterocycles. The van der Waals surface area contributed by atoms with Crippen molar-refractivity contribution in [3.63, 3.8) is 0 Å². The molecule has 0 saturated heterocycles. The summed E-state index contributed by atoms with van der Waals surface area (Å²) in [6.45, 7) is 1.91. The molecule has 0 bridgehead atoms. The second kappa shape index (κ2) is 12.0. The van der Waals surface area contributed by atoms with Gasteiger partial charge in [0.15, 0.2) is 5.96 Å². The predicted octanol–water partition coefficient (Wildman–Crippen LogP) is 1.36. The molecule has 1 rings (SSSR count). The molecule has 0 saturated carbocycles. The normalized spacial score (nSPS) is 11.2. The Labute approximate surface area is 146 Å². The lowest BCUT2D eigenvalue weighted by molar-refractivity contribution is -0.120. The van der Waals surface area contributed by atoms with E-state index in [1.807, 2.05) is 24.3 Å². The van der Waals surface area contributed by atoms with E-state index in [9.17, 15) is 4.79 Å². The minimum Gasteiger partial charge on any atom is -0.383 e. The summed E-state index contributed by atoms with van der Waals surface area (Å²) >= 11 is 7.57. The minimum absolute atomic E-state index is 0.0967. The first-order valence-corrected chi connectivity index (χ1v) is 8.60. The molecule has 0 aliphatic heterocycles. The van der Waals surface area contributed by atoms with Gasteiger partial charge in [0.1, 0.15) is 0 Å². The number of methoxy groups -OCH3 is 1. The van der Waals surface area contributed by atoms with E-state index < -0.39 is 0 Å². The summed E-state index contributed by atoms with van der Waals surface area (Å²) in [5.41, 5.74) is 0. The maximum atomic E-state index is 11.6. The average molecular weight is 359 g/mol. The summed E-state index contributed by atoms with van der Waals surface area (Å²) in [6.07, 6.45) is 0. The molecule has 8 heteroatoms. The van der Waals surface area contributed by atoms with Crippen LogP contribution in [-0.2, 0) is 9.53 Å². The zero-order valence-electron chi connectivity index (χ0n) is 13.4.